The van der Waals surface area contributed by atoms with Gasteiger partial charge in [-0.25, -0.2) is 0 Å². The lowest BCUT2D eigenvalue weighted by atomic mass is 9.92. The van der Waals surface area contributed by atoms with Crippen molar-refractivity contribution in [1.82, 2.24) is 4.57 Å². The van der Waals surface area contributed by atoms with E-state index in [0.717, 1.165) is 17.5 Å². The molecule has 194 valence electrons. The second-order valence-electron chi connectivity index (χ2n) is 9.45. The highest BCUT2D eigenvalue weighted by Crippen LogP contribution is 2.37. The van der Waals surface area contributed by atoms with Crippen molar-refractivity contribution in [2.75, 3.05) is 19.0 Å². The van der Waals surface area contributed by atoms with Crippen molar-refractivity contribution in [2.45, 2.75) is 38.8 Å². The van der Waals surface area contributed by atoms with E-state index in [4.69, 9.17) is 26.8 Å². The van der Waals surface area contributed by atoms with E-state index >= 15 is 0 Å². The maximum absolute atomic E-state index is 13.4. The SMILES string of the molecule is CO[C@@H](C)C[C@@H](C(=O)Nc1ccc(C(N)=O)cc1)n1cc2c(cc1=O)-c1cc(Cl)ccc1C[C@@H](C)CO2. The van der Waals surface area contributed by atoms with Crippen molar-refractivity contribution >= 4 is 29.1 Å². The van der Waals surface area contributed by atoms with E-state index in [1.165, 1.54) is 22.8 Å². The molecule has 37 heavy (non-hydrogen) atoms. The van der Waals surface area contributed by atoms with Crippen LogP contribution in [0, 0.1) is 5.92 Å². The number of hydrogen-bond acceptors (Lipinski definition) is 5. The summed E-state index contributed by atoms with van der Waals surface area (Å²) in [6, 6.07) is 12.5. The fourth-order valence-corrected chi connectivity index (χ4v) is 4.61. The normalized spacial score (nSPS) is 16.3. The van der Waals surface area contributed by atoms with Crippen LogP contribution in [-0.2, 0) is 16.0 Å². The van der Waals surface area contributed by atoms with Crippen molar-refractivity contribution in [1.29, 1.82) is 0 Å². The Bertz CT molecular complexity index is 1370. The molecule has 4 rings (SSSR count). The van der Waals surface area contributed by atoms with Gasteiger partial charge in [0, 0.05) is 41.4 Å². The first-order valence-corrected chi connectivity index (χ1v) is 12.5. The van der Waals surface area contributed by atoms with Crippen LogP contribution in [0.2, 0.25) is 5.02 Å². The van der Waals surface area contributed by atoms with Gasteiger partial charge >= 0.3 is 0 Å². The minimum Gasteiger partial charge on any atom is -0.491 e. The van der Waals surface area contributed by atoms with Gasteiger partial charge < -0.3 is 20.5 Å². The third-order valence-electron chi connectivity index (χ3n) is 6.53. The fraction of sp³-hybridized carbons (Fsp3) is 0.321. The number of nitrogens with two attached hydrogens (primary N) is 1. The Morgan fingerprint density at radius 2 is 1.92 bits per heavy atom. The molecule has 3 N–H and O–H groups in total. The van der Waals surface area contributed by atoms with E-state index in [-0.39, 0.29) is 24.0 Å². The van der Waals surface area contributed by atoms with Gasteiger partial charge in [0.2, 0.25) is 11.8 Å². The smallest absolute Gasteiger partial charge is 0.252 e. The highest BCUT2D eigenvalue weighted by molar-refractivity contribution is 6.30. The Morgan fingerprint density at radius 3 is 2.59 bits per heavy atom. The first-order chi connectivity index (χ1) is 17.7. The predicted molar refractivity (Wildman–Crippen MR) is 143 cm³/mol. The lowest BCUT2D eigenvalue weighted by Crippen LogP contribution is -2.35. The van der Waals surface area contributed by atoms with Crippen LogP contribution >= 0.6 is 11.6 Å². The molecular weight excluding hydrogens is 494 g/mol. The number of halogens is 1. The molecule has 0 unspecified atom stereocenters. The lowest BCUT2D eigenvalue weighted by molar-refractivity contribution is -0.120. The summed E-state index contributed by atoms with van der Waals surface area (Å²) in [7, 11) is 1.55. The molecule has 0 radical (unpaired) electrons. The van der Waals surface area contributed by atoms with Crippen LogP contribution in [0.4, 0.5) is 5.69 Å². The summed E-state index contributed by atoms with van der Waals surface area (Å²) in [5.74, 6) is -0.220. The number of benzene rings is 2. The van der Waals surface area contributed by atoms with E-state index in [9.17, 15) is 14.4 Å². The van der Waals surface area contributed by atoms with Gasteiger partial charge in [0.25, 0.3) is 5.56 Å². The molecule has 9 heteroatoms. The van der Waals surface area contributed by atoms with E-state index < -0.39 is 17.9 Å². The molecule has 3 atom stereocenters. The average molecular weight is 524 g/mol. The minimum absolute atomic E-state index is 0.240. The van der Waals surface area contributed by atoms with Gasteiger partial charge in [-0.05, 0) is 66.8 Å². The first kappa shape index (κ1) is 26.4. The Balaban J connectivity index is 1.75. The molecule has 2 aromatic carbocycles. The summed E-state index contributed by atoms with van der Waals surface area (Å²) in [6.45, 7) is 4.39. The molecule has 8 nitrogen and oxygen atoms in total. The van der Waals surface area contributed by atoms with Crippen molar-refractivity contribution in [2.24, 2.45) is 11.7 Å². The molecule has 0 aliphatic carbocycles. The fourth-order valence-electron chi connectivity index (χ4n) is 4.44. The van der Waals surface area contributed by atoms with Crippen LogP contribution in [0.3, 0.4) is 0 Å². The molecule has 0 bridgehead atoms. The van der Waals surface area contributed by atoms with Crippen LogP contribution in [-0.4, -0.2) is 36.2 Å². The van der Waals surface area contributed by atoms with Crippen molar-refractivity contribution in [3.63, 3.8) is 0 Å². The Labute approximate surface area is 220 Å². The molecule has 1 aromatic heterocycles. The average Bonchev–Trinajstić information content (AvgIpc) is 2.87. The van der Waals surface area contributed by atoms with Gasteiger partial charge in [0.1, 0.15) is 11.8 Å². The number of carbonyl (C=O) groups excluding carboxylic acids is 2. The summed E-state index contributed by atoms with van der Waals surface area (Å²) in [4.78, 5) is 38.2. The van der Waals surface area contributed by atoms with Crippen LogP contribution in [0.15, 0.2) is 59.5 Å². The zero-order valence-electron chi connectivity index (χ0n) is 21.0. The number of ether oxygens (including phenoxy) is 2. The number of carbonyl (C=O) groups is 2. The zero-order valence-corrected chi connectivity index (χ0v) is 21.7. The largest absolute Gasteiger partial charge is 0.491 e. The third kappa shape index (κ3) is 6.03. The zero-order chi connectivity index (χ0) is 26.7. The molecule has 1 aliphatic heterocycles. The number of fused-ring (bicyclic) bond motifs is 3. The molecule has 0 fully saturated rings. The van der Waals surface area contributed by atoms with E-state index in [2.05, 4.69) is 12.2 Å². The lowest BCUT2D eigenvalue weighted by Gasteiger charge is -2.26. The molecule has 2 heterocycles. The second kappa shape index (κ2) is 11.2. The molecule has 0 saturated heterocycles. The highest BCUT2D eigenvalue weighted by atomic mass is 35.5. The highest BCUT2D eigenvalue weighted by Gasteiger charge is 2.27. The number of nitrogens with zero attached hydrogens (tertiary/aromatic N) is 1. The van der Waals surface area contributed by atoms with Crippen LogP contribution in [0.1, 0.15) is 42.2 Å². The summed E-state index contributed by atoms with van der Waals surface area (Å²) < 4.78 is 12.9. The molecular formula is C28H30ClN3O5. The quantitative estimate of drug-likeness (QED) is 0.475. The number of nitrogens with one attached hydrogen (secondary N) is 1. The molecule has 0 spiro atoms. The van der Waals surface area contributed by atoms with Crippen molar-refractivity contribution in [3.05, 3.63) is 81.2 Å². The topological polar surface area (TPSA) is 113 Å². The molecule has 1 aliphatic rings. The van der Waals surface area contributed by atoms with Crippen LogP contribution in [0.5, 0.6) is 5.75 Å². The van der Waals surface area contributed by atoms with Crippen LogP contribution in [0.25, 0.3) is 11.1 Å². The summed E-state index contributed by atoms with van der Waals surface area (Å²) in [5, 5.41) is 3.40. The minimum atomic E-state index is -0.881. The predicted octanol–water partition coefficient (Wildman–Crippen LogP) is 4.44. The summed E-state index contributed by atoms with van der Waals surface area (Å²) in [6.07, 6.45) is 2.34. The third-order valence-corrected chi connectivity index (χ3v) is 6.77. The summed E-state index contributed by atoms with van der Waals surface area (Å²) >= 11 is 6.30. The number of pyridine rings is 1. The number of rotatable bonds is 7. The molecule has 3 aromatic rings. The van der Waals surface area contributed by atoms with E-state index in [0.29, 0.717) is 34.2 Å². The number of primary amides is 1. The van der Waals surface area contributed by atoms with Crippen molar-refractivity contribution < 1.29 is 19.1 Å². The van der Waals surface area contributed by atoms with E-state index in [1.807, 2.05) is 25.1 Å². The number of anilines is 1. The number of amides is 2. The number of aromatic nitrogens is 1. The van der Waals surface area contributed by atoms with Gasteiger partial charge in [-0.2, -0.15) is 0 Å². The first-order valence-electron chi connectivity index (χ1n) is 12.1. The maximum Gasteiger partial charge on any atom is 0.252 e. The Hall–Kier alpha value is -3.62. The molecule has 0 saturated carbocycles. The number of methoxy groups -OCH3 is 1. The van der Waals surface area contributed by atoms with Gasteiger partial charge in [0.05, 0.1) is 18.9 Å². The Kier molecular flexibility index (Phi) is 8.00. The Morgan fingerprint density at radius 1 is 1.19 bits per heavy atom. The van der Waals surface area contributed by atoms with Crippen molar-refractivity contribution in [3.8, 4) is 16.9 Å². The molecule has 2 amide bonds. The number of hydrogen-bond donors (Lipinski definition) is 2. The second-order valence-corrected chi connectivity index (χ2v) is 9.88. The maximum atomic E-state index is 13.4. The van der Waals surface area contributed by atoms with E-state index in [1.54, 1.807) is 25.4 Å². The van der Waals surface area contributed by atoms with Gasteiger partial charge in [0.15, 0.2) is 0 Å². The van der Waals surface area contributed by atoms with Gasteiger partial charge in [-0.15, -0.1) is 0 Å². The standard InChI is InChI=1S/C28H30ClN3O5/c1-16-10-19-4-7-20(29)12-22(19)23-13-26(33)32(14-25(23)37-15-16)24(11-17(2)36-3)28(35)31-21-8-5-18(6-9-21)27(30)34/h4-9,12-14,16-17,24H,10-11,15H2,1-3H3,(H2,30,34)(H,31,35)/t16-,17+,24+/m1/s1. The monoisotopic (exact) mass is 523 g/mol. The van der Waals surface area contributed by atoms with Gasteiger partial charge in [-0.3, -0.25) is 19.0 Å². The summed E-state index contributed by atoms with van der Waals surface area (Å²) in [5.41, 5.74) is 8.32. The van der Waals surface area contributed by atoms with Crippen LogP contribution < -0.4 is 21.3 Å². The van der Waals surface area contributed by atoms with Gasteiger partial charge in [-0.1, -0.05) is 24.6 Å².